The van der Waals surface area contributed by atoms with Gasteiger partial charge < -0.3 is 14.2 Å². The molecule has 0 saturated carbocycles. The fraction of sp³-hybridized carbons (Fsp3) is 0.300. The molecule has 0 aliphatic carbocycles. The summed E-state index contributed by atoms with van der Waals surface area (Å²) in [6.45, 7) is 1.33. The summed E-state index contributed by atoms with van der Waals surface area (Å²) in [6.07, 6.45) is 5.02. The minimum absolute atomic E-state index is 0.0245. The van der Waals surface area contributed by atoms with E-state index < -0.39 is 0 Å². The smallest absolute Gasteiger partial charge is 0.259 e. The van der Waals surface area contributed by atoms with Gasteiger partial charge in [0.25, 0.3) is 11.8 Å². The number of carbonyl (C=O) groups excluding carboxylic acids is 1. The van der Waals surface area contributed by atoms with Crippen LogP contribution in [0.1, 0.15) is 34.9 Å². The number of piperidine rings is 1. The monoisotopic (exact) mass is 364 g/mol. The number of methoxy groups -OCH3 is 1. The molecule has 1 aromatic carbocycles. The summed E-state index contributed by atoms with van der Waals surface area (Å²) in [5.74, 6) is 2.07. The van der Waals surface area contributed by atoms with E-state index in [1.54, 1.807) is 25.6 Å². The van der Waals surface area contributed by atoms with Gasteiger partial charge in [-0.3, -0.25) is 9.78 Å². The van der Waals surface area contributed by atoms with E-state index in [0.717, 1.165) is 18.4 Å². The number of carbonyl (C=O) groups is 1. The van der Waals surface area contributed by atoms with Crippen molar-refractivity contribution in [1.82, 2.24) is 20.0 Å². The number of ether oxygens (including phenoxy) is 1. The molecular formula is C20H20N4O3. The number of nitrogens with zero attached hydrogens (tertiary/aromatic N) is 4. The molecule has 0 bridgehead atoms. The number of hydrogen-bond donors (Lipinski definition) is 0. The first-order valence-corrected chi connectivity index (χ1v) is 8.92. The van der Waals surface area contributed by atoms with Crippen molar-refractivity contribution in [3.63, 3.8) is 0 Å². The van der Waals surface area contributed by atoms with Crippen LogP contribution in [0, 0.1) is 0 Å². The van der Waals surface area contributed by atoms with Crippen molar-refractivity contribution < 1.29 is 14.1 Å². The standard InChI is InChI=1S/C20H20N4O3/c1-26-17-6-2-4-15(12-17)20(25)24-10-7-14(8-11-24)18-22-19(27-23-18)16-5-3-9-21-13-16/h2-6,9,12-14H,7-8,10-11H2,1H3. The van der Waals surface area contributed by atoms with Gasteiger partial charge in [0, 0.05) is 37.0 Å². The summed E-state index contributed by atoms with van der Waals surface area (Å²) in [5.41, 5.74) is 1.45. The minimum Gasteiger partial charge on any atom is -0.497 e. The number of likely N-dealkylation sites (tertiary alicyclic amines) is 1. The zero-order valence-corrected chi connectivity index (χ0v) is 15.0. The van der Waals surface area contributed by atoms with E-state index in [-0.39, 0.29) is 11.8 Å². The molecule has 0 spiro atoms. The first-order valence-electron chi connectivity index (χ1n) is 8.92. The van der Waals surface area contributed by atoms with Gasteiger partial charge in [0.2, 0.25) is 0 Å². The molecule has 1 aliphatic heterocycles. The van der Waals surface area contributed by atoms with Crippen LogP contribution in [-0.2, 0) is 0 Å². The third kappa shape index (κ3) is 3.67. The summed E-state index contributed by atoms with van der Waals surface area (Å²) >= 11 is 0. The molecule has 1 amide bonds. The van der Waals surface area contributed by atoms with Crippen LogP contribution in [0.25, 0.3) is 11.5 Å². The molecule has 0 radical (unpaired) electrons. The Morgan fingerprint density at radius 2 is 2.07 bits per heavy atom. The van der Waals surface area contributed by atoms with Gasteiger partial charge >= 0.3 is 0 Å². The maximum atomic E-state index is 12.7. The first-order chi connectivity index (χ1) is 13.2. The molecule has 4 rings (SSSR count). The van der Waals surface area contributed by atoms with E-state index in [4.69, 9.17) is 9.26 Å². The highest BCUT2D eigenvalue weighted by Crippen LogP contribution is 2.28. The number of rotatable bonds is 4. The zero-order chi connectivity index (χ0) is 18.6. The average molecular weight is 364 g/mol. The van der Waals surface area contributed by atoms with Gasteiger partial charge in [0.15, 0.2) is 5.82 Å². The molecule has 0 unspecified atom stereocenters. The molecule has 7 heteroatoms. The molecule has 3 aromatic rings. The molecule has 0 atom stereocenters. The Kier molecular flexibility index (Phi) is 4.82. The van der Waals surface area contributed by atoms with Crippen LogP contribution < -0.4 is 4.74 Å². The summed E-state index contributed by atoms with van der Waals surface area (Å²) < 4.78 is 10.6. The van der Waals surface area contributed by atoms with Crippen LogP contribution in [0.5, 0.6) is 5.75 Å². The van der Waals surface area contributed by atoms with E-state index in [1.807, 2.05) is 35.2 Å². The normalized spacial score (nSPS) is 14.9. The summed E-state index contributed by atoms with van der Waals surface area (Å²) in [4.78, 5) is 23.2. The topological polar surface area (TPSA) is 81.4 Å². The Bertz CT molecular complexity index is 918. The lowest BCUT2D eigenvalue weighted by Gasteiger charge is -2.30. The molecule has 1 aliphatic rings. The predicted molar refractivity (Wildman–Crippen MR) is 98.4 cm³/mol. The number of hydrogen-bond acceptors (Lipinski definition) is 6. The molecule has 2 aromatic heterocycles. The van der Waals surface area contributed by atoms with E-state index in [0.29, 0.717) is 36.1 Å². The van der Waals surface area contributed by atoms with Gasteiger partial charge in [-0.2, -0.15) is 4.98 Å². The summed E-state index contributed by atoms with van der Waals surface area (Å²) in [7, 11) is 1.60. The third-order valence-electron chi connectivity index (χ3n) is 4.81. The van der Waals surface area contributed by atoms with Crippen molar-refractivity contribution in [1.29, 1.82) is 0 Å². The van der Waals surface area contributed by atoms with Crippen molar-refractivity contribution in [2.24, 2.45) is 0 Å². The first kappa shape index (κ1) is 17.2. The van der Waals surface area contributed by atoms with Crippen molar-refractivity contribution in [2.45, 2.75) is 18.8 Å². The highest BCUT2D eigenvalue weighted by Gasteiger charge is 2.27. The highest BCUT2D eigenvalue weighted by molar-refractivity contribution is 5.94. The summed E-state index contributed by atoms with van der Waals surface area (Å²) in [6, 6.07) is 11.0. The maximum Gasteiger partial charge on any atom is 0.259 e. The second kappa shape index (κ2) is 7.57. The summed E-state index contributed by atoms with van der Waals surface area (Å²) in [5, 5.41) is 4.13. The van der Waals surface area contributed by atoms with Crippen LogP contribution in [0.15, 0.2) is 53.3 Å². The van der Waals surface area contributed by atoms with E-state index in [1.165, 1.54) is 0 Å². The van der Waals surface area contributed by atoms with Gasteiger partial charge in [-0.1, -0.05) is 11.2 Å². The van der Waals surface area contributed by atoms with Crippen LogP contribution in [0.2, 0.25) is 0 Å². The molecule has 3 heterocycles. The predicted octanol–water partition coefficient (Wildman–Crippen LogP) is 3.16. The fourth-order valence-corrected chi connectivity index (χ4v) is 3.29. The van der Waals surface area contributed by atoms with Crippen molar-refractivity contribution in [2.75, 3.05) is 20.2 Å². The Hall–Kier alpha value is -3.22. The van der Waals surface area contributed by atoms with Crippen LogP contribution in [0.4, 0.5) is 0 Å². The molecule has 27 heavy (non-hydrogen) atoms. The van der Waals surface area contributed by atoms with E-state index in [2.05, 4.69) is 15.1 Å². The Morgan fingerprint density at radius 1 is 1.22 bits per heavy atom. The average Bonchev–Trinajstić information content (AvgIpc) is 3.24. The number of pyridine rings is 1. The Balaban J connectivity index is 1.40. The third-order valence-corrected chi connectivity index (χ3v) is 4.81. The SMILES string of the molecule is COc1cccc(C(=O)N2CCC(c3noc(-c4cccnc4)n3)CC2)c1. The van der Waals surface area contributed by atoms with Crippen molar-refractivity contribution in [3.05, 3.63) is 60.2 Å². The maximum absolute atomic E-state index is 12.7. The molecule has 1 fully saturated rings. The van der Waals surface area contributed by atoms with Gasteiger partial charge in [0.1, 0.15) is 5.75 Å². The Labute approximate surface area is 157 Å². The van der Waals surface area contributed by atoms with E-state index in [9.17, 15) is 4.79 Å². The van der Waals surface area contributed by atoms with Crippen molar-refractivity contribution >= 4 is 5.91 Å². The molecule has 7 nitrogen and oxygen atoms in total. The van der Waals surface area contributed by atoms with Crippen LogP contribution in [0.3, 0.4) is 0 Å². The molecular weight excluding hydrogens is 344 g/mol. The van der Waals surface area contributed by atoms with Crippen LogP contribution >= 0.6 is 0 Å². The van der Waals surface area contributed by atoms with Crippen LogP contribution in [-0.4, -0.2) is 46.1 Å². The number of aromatic nitrogens is 3. The lowest BCUT2D eigenvalue weighted by Crippen LogP contribution is -2.38. The fourth-order valence-electron chi connectivity index (χ4n) is 3.29. The zero-order valence-electron chi connectivity index (χ0n) is 15.0. The van der Waals surface area contributed by atoms with Crippen molar-refractivity contribution in [3.8, 4) is 17.2 Å². The highest BCUT2D eigenvalue weighted by atomic mass is 16.5. The second-order valence-corrected chi connectivity index (χ2v) is 6.50. The quantitative estimate of drug-likeness (QED) is 0.707. The Morgan fingerprint density at radius 3 is 2.81 bits per heavy atom. The van der Waals surface area contributed by atoms with Gasteiger partial charge in [-0.05, 0) is 43.2 Å². The number of benzene rings is 1. The second-order valence-electron chi connectivity index (χ2n) is 6.50. The minimum atomic E-state index is 0.0245. The largest absolute Gasteiger partial charge is 0.497 e. The van der Waals surface area contributed by atoms with Gasteiger partial charge in [-0.15, -0.1) is 0 Å². The number of amides is 1. The van der Waals surface area contributed by atoms with Gasteiger partial charge in [0.05, 0.1) is 12.7 Å². The molecule has 138 valence electrons. The molecule has 1 saturated heterocycles. The van der Waals surface area contributed by atoms with Gasteiger partial charge in [-0.25, -0.2) is 0 Å². The van der Waals surface area contributed by atoms with E-state index >= 15 is 0 Å². The lowest BCUT2D eigenvalue weighted by molar-refractivity contribution is 0.0710. The molecule has 0 N–H and O–H groups in total. The lowest BCUT2D eigenvalue weighted by atomic mass is 9.95.